The molecule has 0 atom stereocenters. The lowest BCUT2D eigenvalue weighted by molar-refractivity contribution is -0.117. The number of piperazine rings is 2. The van der Waals surface area contributed by atoms with Crippen LogP contribution in [0.3, 0.4) is 0 Å². The molecule has 4 heterocycles. The molecule has 0 spiro atoms. The van der Waals surface area contributed by atoms with Crippen molar-refractivity contribution in [1.82, 2.24) is 25.4 Å². The quantitative estimate of drug-likeness (QED) is 0.201. The van der Waals surface area contributed by atoms with Crippen molar-refractivity contribution >= 4 is 23.2 Å². The number of hydrogen-bond donors (Lipinski definition) is 4. The fourth-order valence-electron chi connectivity index (χ4n) is 5.70. The van der Waals surface area contributed by atoms with Gasteiger partial charge in [-0.3, -0.25) is 9.59 Å². The first-order valence-corrected chi connectivity index (χ1v) is 15.8. The van der Waals surface area contributed by atoms with Gasteiger partial charge in [0.05, 0.1) is 17.7 Å². The van der Waals surface area contributed by atoms with Gasteiger partial charge in [-0.2, -0.15) is 0 Å². The van der Waals surface area contributed by atoms with E-state index in [-0.39, 0.29) is 11.8 Å². The van der Waals surface area contributed by atoms with E-state index in [1.165, 1.54) is 0 Å². The highest BCUT2D eigenvalue weighted by molar-refractivity contribution is 5.92. The Morgan fingerprint density at radius 1 is 0.667 bits per heavy atom. The zero-order chi connectivity index (χ0) is 30.8. The van der Waals surface area contributed by atoms with E-state index in [1.807, 2.05) is 72.8 Å². The van der Waals surface area contributed by atoms with Gasteiger partial charge < -0.3 is 35.5 Å². The molecule has 234 valence electrons. The highest BCUT2D eigenvalue weighted by Crippen LogP contribution is 2.31. The molecule has 0 saturated carbocycles. The topological polar surface area (TPSA) is 115 Å². The summed E-state index contributed by atoms with van der Waals surface area (Å²) in [5, 5.41) is 12.7. The van der Waals surface area contributed by atoms with Gasteiger partial charge in [0, 0.05) is 106 Å². The van der Waals surface area contributed by atoms with E-state index < -0.39 is 0 Å². The molecule has 0 aliphatic carbocycles. The third-order valence-corrected chi connectivity index (χ3v) is 8.29. The van der Waals surface area contributed by atoms with Crippen LogP contribution in [0.2, 0.25) is 0 Å². The minimum Gasteiger partial charge on any atom is -0.464 e. The smallest absolute Gasteiger partial charge is 0.225 e. The number of pyridine rings is 1. The molecule has 2 saturated heterocycles. The number of benzene rings is 2. The summed E-state index contributed by atoms with van der Waals surface area (Å²) in [5.74, 6) is 0.781. The lowest BCUT2D eigenvalue weighted by Crippen LogP contribution is -2.44. The third kappa shape index (κ3) is 8.64. The molecule has 10 nitrogen and oxygen atoms in total. The Bertz CT molecular complexity index is 1450. The van der Waals surface area contributed by atoms with Gasteiger partial charge in [0.15, 0.2) is 0 Å². The minimum absolute atomic E-state index is 0.0145. The summed E-state index contributed by atoms with van der Waals surface area (Å²) in [5.41, 5.74) is 5.87. The number of amides is 2. The Hall–Kier alpha value is -4.35. The predicted octanol–water partition coefficient (Wildman–Crippen LogP) is 4.14. The van der Waals surface area contributed by atoms with Crippen LogP contribution in [0.15, 0.2) is 83.5 Å². The molecule has 2 aliphatic rings. The fourth-order valence-corrected chi connectivity index (χ4v) is 5.70. The summed E-state index contributed by atoms with van der Waals surface area (Å²) < 4.78 is 5.72. The Labute approximate surface area is 264 Å². The molecule has 45 heavy (non-hydrogen) atoms. The summed E-state index contributed by atoms with van der Waals surface area (Å²) in [6.07, 6.45) is 2.60. The summed E-state index contributed by atoms with van der Waals surface area (Å²) in [4.78, 5) is 34.7. The van der Waals surface area contributed by atoms with E-state index >= 15 is 0 Å². The average Bonchev–Trinajstić information content (AvgIpc) is 3.64. The number of carbonyl (C=O) groups excluding carboxylic acids is 2. The molecule has 2 aromatic heterocycles. The first-order chi connectivity index (χ1) is 22.1. The van der Waals surface area contributed by atoms with E-state index in [4.69, 9.17) is 9.40 Å². The number of nitrogens with zero attached hydrogens (tertiary/aromatic N) is 3. The fraction of sp³-hybridized carbons (Fsp3) is 0.343. The van der Waals surface area contributed by atoms with Gasteiger partial charge in [0.25, 0.3) is 0 Å². The van der Waals surface area contributed by atoms with Crippen LogP contribution in [0, 0.1) is 0 Å². The van der Waals surface area contributed by atoms with E-state index in [9.17, 15) is 9.59 Å². The Kier molecular flexibility index (Phi) is 10.3. The number of furan rings is 1. The van der Waals surface area contributed by atoms with Gasteiger partial charge in [-0.05, 0) is 48.5 Å². The van der Waals surface area contributed by atoms with Crippen molar-refractivity contribution in [2.75, 3.05) is 76.1 Å². The largest absolute Gasteiger partial charge is 0.464 e. The maximum Gasteiger partial charge on any atom is 0.225 e. The van der Waals surface area contributed by atoms with Gasteiger partial charge in [0.1, 0.15) is 5.76 Å². The van der Waals surface area contributed by atoms with Crippen molar-refractivity contribution in [2.45, 2.75) is 12.8 Å². The van der Waals surface area contributed by atoms with Crippen LogP contribution in [0.25, 0.3) is 33.8 Å². The Morgan fingerprint density at radius 2 is 1.13 bits per heavy atom. The molecule has 0 unspecified atom stereocenters. The minimum atomic E-state index is 0.0145. The molecule has 4 aromatic rings. The second-order valence-corrected chi connectivity index (χ2v) is 11.5. The molecule has 2 amide bonds. The van der Waals surface area contributed by atoms with E-state index in [0.717, 1.165) is 111 Å². The SMILES string of the molecule is O=C(CCN1CCNCC1)Nc1ccc(-c2cc(-c3ccco3)cc(-c3ccc(NC(=O)CCN4CCNCC4)cc3)n2)cc1. The molecule has 6 rings (SSSR count). The van der Waals surface area contributed by atoms with Crippen LogP contribution in [-0.2, 0) is 9.59 Å². The summed E-state index contributed by atoms with van der Waals surface area (Å²) in [7, 11) is 0. The lowest BCUT2D eigenvalue weighted by Gasteiger charge is -2.26. The van der Waals surface area contributed by atoms with Gasteiger partial charge in [-0.15, -0.1) is 0 Å². The van der Waals surface area contributed by atoms with Crippen molar-refractivity contribution in [3.8, 4) is 33.8 Å². The maximum absolute atomic E-state index is 12.6. The van der Waals surface area contributed by atoms with E-state index in [2.05, 4.69) is 31.1 Å². The Morgan fingerprint density at radius 3 is 1.56 bits per heavy atom. The summed E-state index contributed by atoms with van der Waals surface area (Å²) in [6.45, 7) is 9.34. The maximum atomic E-state index is 12.6. The molecule has 0 radical (unpaired) electrons. The molecular formula is C35H41N7O3. The predicted molar refractivity (Wildman–Crippen MR) is 178 cm³/mol. The van der Waals surface area contributed by atoms with Gasteiger partial charge in [-0.1, -0.05) is 24.3 Å². The molecule has 10 heteroatoms. The van der Waals surface area contributed by atoms with Crippen molar-refractivity contribution in [3.63, 3.8) is 0 Å². The standard InChI is InChI=1S/C35H41N7O3/c43-34(11-17-41-19-13-36-14-20-41)38-29-7-3-26(4-8-29)31-24-28(33-2-1-23-45-33)25-32(40-31)27-5-9-30(10-6-27)39-35(44)12-18-42-21-15-37-16-22-42/h1-10,23-25,36-37H,11-22H2,(H,38,43)(H,39,44). The Balaban J connectivity index is 1.12. The van der Waals surface area contributed by atoms with Crippen LogP contribution >= 0.6 is 0 Å². The highest BCUT2D eigenvalue weighted by atomic mass is 16.3. The normalized spacial score (nSPS) is 15.9. The van der Waals surface area contributed by atoms with Gasteiger partial charge in [0.2, 0.25) is 11.8 Å². The van der Waals surface area contributed by atoms with Crippen molar-refractivity contribution < 1.29 is 14.0 Å². The number of aromatic nitrogens is 1. The van der Waals surface area contributed by atoms with Crippen LogP contribution in [-0.4, -0.2) is 92.0 Å². The average molecular weight is 608 g/mol. The molecular weight excluding hydrogens is 566 g/mol. The number of nitrogens with one attached hydrogen (secondary N) is 4. The van der Waals surface area contributed by atoms with Crippen LogP contribution in [0.4, 0.5) is 11.4 Å². The summed E-state index contributed by atoms with van der Waals surface area (Å²) in [6, 6.07) is 23.4. The zero-order valence-electron chi connectivity index (χ0n) is 25.6. The number of hydrogen-bond acceptors (Lipinski definition) is 8. The monoisotopic (exact) mass is 607 g/mol. The molecule has 4 N–H and O–H groups in total. The molecule has 2 aliphatic heterocycles. The second-order valence-electron chi connectivity index (χ2n) is 11.5. The second kappa shape index (κ2) is 15.1. The number of anilines is 2. The molecule has 2 aromatic carbocycles. The molecule has 2 fully saturated rings. The lowest BCUT2D eigenvalue weighted by atomic mass is 10.0. The van der Waals surface area contributed by atoms with Gasteiger partial charge in [-0.25, -0.2) is 4.98 Å². The number of rotatable bonds is 11. The molecule has 0 bridgehead atoms. The van der Waals surface area contributed by atoms with Crippen LogP contribution < -0.4 is 21.3 Å². The third-order valence-electron chi connectivity index (χ3n) is 8.29. The zero-order valence-corrected chi connectivity index (χ0v) is 25.6. The first-order valence-electron chi connectivity index (χ1n) is 15.8. The summed E-state index contributed by atoms with van der Waals surface area (Å²) >= 11 is 0. The first kappa shape index (κ1) is 30.7. The van der Waals surface area contributed by atoms with Crippen LogP contribution in [0.1, 0.15) is 12.8 Å². The van der Waals surface area contributed by atoms with Crippen molar-refractivity contribution in [1.29, 1.82) is 0 Å². The highest BCUT2D eigenvalue weighted by Gasteiger charge is 2.14. The van der Waals surface area contributed by atoms with Crippen LogP contribution in [0.5, 0.6) is 0 Å². The van der Waals surface area contributed by atoms with Crippen molar-refractivity contribution in [2.24, 2.45) is 0 Å². The van der Waals surface area contributed by atoms with Crippen molar-refractivity contribution in [3.05, 3.63) is 79.1 Å². The number of carbonyl (C=O) groups is 2. The van der Waals surface area contributed by atoms with Gasteiger partial charge >= 0.3 is 0 Å². The van der Waals surface area contributed by atoms with E-state index in [1.54, 1.807) is 6.26 Å². The van der Waals surface area contributed by atoms with E-state index in [0.29, 0.717) is 12.8 Å².